The number of carbonyl (C=O) groups excluding carboxylic acids is 1. The van der Waals surface area contributed by atoms with Crippen molar-refractivity contribution in [1.29, 1.82) is 0 Å². The maximum absolute atomic E-state index is 11.8. The van der Waals surface area contributed by atoms with Crippen LogP contribution in [0.4, 0.5) is 0 Å². The number of allylic oxidation sites excluding steroid dienone is 1. The van der Waals surface area contributed by atoms with E-state index in [0.717, 1.165) is 30.9 Å². The summed E-state index contributed by atoms with van der Waals surface area (Å²) < 4.78 is 5.10. The molecule has 2 rings (SSSR count). The number of carbonyl (C=O) groups is 1. The van der Waals surface area contributed by atoms with Gasteiger partial charge in [0.25, 0.3) is 0 Å². The molecule has 0 spiro atoms. The number of nitrogens with zero attached hydrogens (tertiary/aromatic N) is 1. The van der Waals surface area contributed by atoms with Crippen LogP contribution in [0, 0.1) is 0 Å². The molecule has 0 unspecified atom stereocenters. The van der Waals surface area contributed by atoms with Gasteiger partial charge in [-0.05, 0) is 49.7 Å². The van der Waals surface area contributed by atoms with Gasteiger partial charge in [0.15, 0.2) is 5.78 Å². The van der Waals surface area contributed by atoms with E-state index in [0.29, 0.717) is 6.42 Å². The van der Waals surface area contributed by atoms with Crippen LogP contribution in [0.15, 0.2) is 30.3 Å². The van der Waals surface area contributed by atoms with Crippen molar-refractivity contribution in [2.24, 2.45) is 0 Å². The second kappa shape index (κ2) is 9.59. The van der Waals surface area contributed by atoms with E-state index in [1.54, 1.807) is 13.2 Å². The molecule has 1 aromatic rings. The number of likely N-dealkylation sites (tertiary alicyclic amines) is 1. The van der Waals surface area contributed by atoms with Crippen molar-refractivity contribution in [3.05, 3.63) is 35.9 Å². The summed E-state index contributed by atoms with van der Waals surface area (Å²) in [5.41, 5.74) is 1.03. The summed E-state index contributed by atoms with van der Waals surface area (Å²) in [6.07, 6.45) is 8.06. The number of ketones is 1. The first kappa shape index (κ1) is 17.7. The van der Waals surface area contributed by atoms with Gasteiger partial charge in [0.2, 0.25) is 0 Å². The smallest absolute Gasteiger partial charge is 0.156 e. The highest BCUT2D eigenvalue weighted by molar-refractivity contribution is 5.93. The normalized spacial score (nSPS) is 15.7. The van der Waals surface area contributed by atoms with Gasteiger partial charge in [-0.15, -0.1) is 12.4 Å². The maximum atomic E-state index is 11.8. The average molecular weight is 310 g/mol. The predicted octanol–water partition coefficient (Wildman–Crippen LogP) is 3.58. The molecule has 0 radical (unpaired) electrons. The summed E-state index contributed by atoms with van der Waals surface area (Å²) in [4.78, 5) is 14.2. The molecule has 0 saturated carbocycles. The molecule has 1 aromatic carbocycles. The highest BCUT2D eigenvalue weighted by atomic mass is 35.5. The topological polar surface area (TPSA) is 29.5 Å². The van der Waals surface area contributed by atoms with E-state index in [4.69, 9.17) is 4.74 Å². The number of ether oxygens (including phenoxy) is 1. The predicted molar refractivity (Wildman–Crippen MR) is 89.2 cm³/mol. The lowest BCUT2D eigenvalue weighted by Gasteiger charge is -2.25. The van der Waals surface area contributed by atoms with Gasteiger partial charge in [-0.25, -0.2) is 0 Å². The fourth-order valence-electron chi connectivity index (χ4n) is 2.44. The number of rotatable bonds is 6. The Bertz CT molecular complexity index is 450. The van der Waals surface area contributed by atoms with Crippen LogP contribution in [0.3, 0.4) is 0 Å². The van der Waals surface area contributed by atoms with Crippen LogP contribution >= 0.6 is 12.4 Å². The molecule has 1 heterocycles. The molecule has 0 aliphatic carbocycles. The second-order valence-electron chi connectivity index (χ2n) is 5.23. The van der Waals surface area contributed by atoms with E-state index >= 15 is 0 Å². The first-order valence-corrected chi connectivity index (χ1v) is 7.35. The average Bonchev–Trinajstić information content (AvgIpc) is 2.52. The van der Waals surface area contributed by atoms with Gasteiger partial charge >= 0.3 is 0 Å². The third-order valence-corrected chi connectivity index (χ3v) is 3.70. The summed E-state index contributed by atoms with van der Waals surface area (Å²) in [7, 11) is 1.65. The molecule has 1 aliphatic heterocycles. The lowest BCUT2D eigenvalue weighted by atomic mass is 10.1. The lowest BCUT2D eigenvalue weighted by molar-refractivity contribution is -0.114. The van der Waals surface area contributed by atoms with E-state index in [-0.39, 0.29) is 18.2 Å². The minimum absolute atomic E-state index is 0. The fraction of sp³-hybridized carbons (Fsp3) is 0.471. The largest absolute Gasteiger partial charge is 0.497 e. The van der Waals surface area contributed by atoms with Crippen molar-refractivity contribution in [1.82, 2.24) is 4.90 Å². The zero-order valence-electron chi connectivity index (χ0n) is 12.6. The quantitative estimate of drug-likeness (QED) is 0.752. The molecular formula is C17H24ClNO2. The van der Waals surface area contributed by atoms with E-state index in [1.165, 1.54) is 19.3 Å². The van der Waals surface area contributed by atoms with E-state index < -0.39 is 0 Å². The minimum atomic E-state index is 0. The Kier molecular flexibility index (Phi) is 8.09. The van der Waals surface area contributed by atoms with Crippen molar-refractivity contribution >= 4 is 24.3 Å². The second-order valence-corrected chi connectivity index (χ2v) is 5.23. The van der Waals surface area contributed by atoms with Gasteiger partial charge in [-0.2, -0.15) is 0 Å². The third-order valence-electron chi connectivity index (χ3n) is 3.70. The van der Waals surface area contributed by atoms with Gasteiger partial charge in [0.1, 0.15) is 5.75 Å². The van der Waals surface area contributed by atoms with E-state index in [2.05, 4.69) is 4.90 Å². The Balaban J connectivity index is 0.00000220. The van der Waals surface area contributed by atoms with E-state index in [1.807, 2.05) is 30.3 Å². The zero-order valence-corrected chi connectivity index (χ0v) is 13.4. The van der Waals surface area contributed by atoms with Crippen molar-refractivity contribution in [3.8, 4) is 5.75 Å². The Hall–Kier alpha value is -1.32. The summed E-state index contributed by atoms with van der Waals surface area (Å²) in [5, 5.41) is 0. The molecule has 1 saturated heterocycles. The van der Waals surface area contributed by atoms with Crippen LogP contribution in [0.5, 0.6) is 5.75 Å². The van der Waals surface area contributed by atoms with Gasteiger partial charge in [-0.3, -0.25) is 4.79 Å². The lowest BCUT2D eigenvalue weighted by Crippen LogP contribution is -2.31. The molecular weight excluding hydrogens is 286 g/mol. The van der Waals surface area contributed by atoms with Crippen molar-refractivity contribution in [3.63, 3.8) is 0 Å². The van der Waals surface area contributed by atoms with Crippen LogP contribution in [-0.4, -0.2) is 37.4 Å². The van der Waals surface area contributed by atoms with Crippen LogP contribution in [0.25, 0.3) is 6.08 Å². The van der Waals surface area contributed by atoms with Gasteiger partial charge < -0.3 is 9.64 Å². The Morgan fingerprint density at radius 3 is 2.48 bits per heavy atom. The molecule has 1 aliphatic rings. The molecule has 1 fully saturated rings. The first-order chi connectivity index (χ1) is 9.78. The molecule has 3 nitrogen and oxygen atoms in total. The van der Waals surface area contributed by atoms with Crippen molar-refractivity contribution in [2.75, 3.05) is 26.7 Å². The van der Waals surface area contributed by atoms with Gasteiger partial charge in [0.05, 0.1) is 7.11 Å². The van der Waals surface area contributed by atoms with Crippen LogP contribution in [-0.2, 0) is 4.79 Å². The molecule has 21 heavy (non-hydrogen) atoms. The number of hydrogen-bond donors (Lipinski definition) is 0. The Morgan fingerprint density at radius 1 is 1.19 bits per heavy atom. The molecule has 0 bridgehead atoms. The van der Waals surface area contributed by atoms with Crippen LogP contribution < -0.4 is 4.74 Å². The third kappa shape index (κ3) is 6.32. The zero-order chi connectivity index (χ0) is 14.2. The summed E-state index contributed by atoms with van der Waals surface area (Å²) in [5.74, 6) is 1.03. The number of benzene rings is 1. The van der Waals surface area contributed by atoms with Crippen LogP contribution in [0.1, 0.15) is 31.2 Å². The number of piperidine rings is 1. The molecule has 116 valence electrons. The van der Waals surface area contributed by atoms with E-state index in [9.17, 15) is 4.79 Å². The molecule has 0 N–H and O–H groups in total. The standard InChI is InChI=1S/C17H23NO2.ClH/c1-20-17-9-6-15(7-10-17)5-8-16(19)11-14-18-12-3-2-4-13-18;/h5-10H,2-4,11-14H2,1H3;1H. The number of methoxy groups -OCH3 is 1. The highest BCUT2D eigenvalue weighted by Gasteiger charge is 2.10. The molecule has 0 amide bonds. The Labute approximate surface area is 133 Å². The van der Waals surface area contributed by atoms with Gasteiger partial charge in [-0.1, -0.05) is 24.6 Å². The Morgan fingerprint density at radius 2 is 1.86 bits per heavy atom. The monoisotopic (exact) mass is 309 g/mol. The molecule has 4 heteroatoms. The van der Waals surface area contributed by atoms with Crippen LogP contribution in [0.2, 0.25) is 0 Å². The summed E-state index contributed by atoms with van der Waals surface area (Å²) in [6.45, 7) is 3.19. The van der Waals surface area contributed by atoms with Crippen molar-refractivity contribution in [2.45, 2.75) is 25.7 Å². The maximum Gasteiger partial charge on any atom is 0.156 e. The highest BCUT2D eigenvalue weighted by Crippen LogP contribution is 2.13. The SMILES string of the molecule is COc1ccc(C=CC(=O)CCN2CCCCC2)cc1.Cl. The molecule has 0 aromatic heterocycles. The molecule has 0 atom stereocenters. The summed E-state index contributed by atoms with van der Waals surface area (Å²) in [6, 6.07) is 7.70. The first-order valence-electron chi connectivity index (χ1n) is 7.35. The fourth-order valence-corrected chi connectivity index (χ4v) is 2.44. The van der Waals surface area contributed by atoms with Crippen molar-refractivity contribution < 1.29 is 9.53 Å². The van der Waals surface area contributed by atoms with Gasteiger partial charge in [0, 0.05) is 13.0 Å². The minimum Gasteiger partial charge on any atom is -0.497 e. The summed E-state index contributed by atoms with van der Waals surface area (Å²) >= 11 is 0. The number of hydrogen-bond acceptors (Lipinski definition) is 3. The number of halogens is 1.